The third-order valence-corrected chi connectivity index (χ3v) is 5.45. The van der Waals surface area contributed by atoms with Gasteiger partial charge in [0.2, 0.25) is 0 Å². The molecule has 0 saturated heterocycles. The zero-order valence-electron chi connectivity index (χ0n) is 15.4. The van der Waals surface area contributed by atoms with Crippen molar-refractivity contribution in [2.24, 2.45) is 0 Å². The van der Waals surface area contributed by atoms with Crippen LogP contribution in [0.15, 0.2) is 48.7 Å². The number of pyridine rings is 1. The highest BCUT2D eigenvalue weighted by Crippen LogP contribution is 2.41. The second-order valence-corrected chi connectivity index (χ2v) is 7.58. The molecule has 2 aromatic heterocycles. The number of hydrogen-bond acceptors (Lipinski definition) is 3. The Morgan fingerprint density at radius 1 is 1.15 bits per heavy atom. The molecule has 1 aliphatic rings. The van der Waals surface area contributed by atoms with Crippen molar-refractivity contribution >= 4 is 17.5 Å². The van der Waals surface area contributed by atoms with E-state index >= 15 is 0 Å². The largest absolute Gasteiger partial charge is 0.342 e. The second kappa shape index (κ2) is 6.82. The number of carbonyl (C=O) groups is 1. The van der Waals surface area contributed by atoms with Crippen molar-refractivity contribution in [2.75, 3.05) is 0 Å². The van der Waals surface area contributed by atoms with Crippen LogP contribution < -0.4 is 5.32 Å². The maximum atomic E-state index is 12.8. The van der Waals surface area contributed by atoms with Crippen LogP contribution in [-0.4, -0.2) is 20.7 Å². The number of nitrogens with one attached hydrogen (secondary N) is 1. The molecule has 1 amide bonds. The van der Waals surface area contributed by atoms with Crippen molar-refractivity contribution in [3.63, 3.8) is 0 Å². The normalized spacial score (nSPS) is 15.2. The van der Waals surface area contributed by atoms with Crippen molar-refractivity contribution < 1.29 is 4.79 Å². The van der Waals surface area contributed by atoms with Crippen molar-refractivity contribution in [3.05, 3.63) is 76.2 Å². The lowest BCUT2D eigenvalue weighted by atomic mass is 9.71. The van der Waals surface area contributed by atoms with Crippen LogP contribution >= 0.6 is 11.6 Å². The third-order valence-electron chi connectivity index (χ3n) is 5.19. The molecule has 1 aliphatic carbocycles. The fourth-order valence-corrected chi connectivity index (χ4v) is 3.71. The number of aryl methyl sites for hydroxylation is 2. The van der Waals surface area contributed by atoms with Gasteiger partial charge in [-0.25, -0.2) is 9.67 Å². The molecule has 5 nitrogen and oxygen atoms in total. The summed E-state index contributed by atoms with van der Waals surface area (Å²) in [6.45, 7) is 3.93. The summed E-state index contributed by atoms with van der Waals surface area (Å²) in [6.07, 6.45) is 4.56. The Balaban J connectivity index is 1.54. The van der Waals surface area contributed by atoms with Crippen LogP contribution in [0.4, 0.5) is 0 Å². The standard InChI is InChI=1S/C21H21ClN4O/c1-14-12-15(2)26(25-14)19-9-4-16(13-23-19)20(27)24-21(10-3-11-21)17-5-7-18(22)8-6-17/h4-9,12-13H,3,10-11H2,1-2H3,(H,24,27). The van der Waals surface area contributed by atoms with Crippen LogP contribution in [0.25, 0.3) is 5.82 Å². The smallest absolute Gasteiger partial charge is 0.253 e. The first-order chi connectivity index (χ1) is 13.0. The van der Waals surface area contributed by atoms with Crippen LogP contribution in [0.2, 0.25) is 5.02 Å². The number of aromatic nitrogens is 3. The summed E-state index contributed by atoms with van der Waals surface area (Å²) in [7, 11) is 0. The number of benzene rings is 1. The van der Waals surface area contributed by atoms with Gasteiger partial charge in [0, 0.05) is 16.9 Å². The summed E-state index contributed by atoms with van der Waals surface area (Å²) >= 11 is 6.00. The highest BCUT2D eigenvalue weighted by molar-refractivity contribution is 6.30. The first kappa shape index (κ1) is 17.7. The minimum atomic E-state index is -0.309. The van der Waals surface area contributed by atoms with E-state index < -0.39 is 0 Å². The lowest BCUT2D eigenvalue weighted by Crippen LogP contribution is -2.50. The maximum Gasteiger partial charge on any atom is 0.253 e. The van der Waals surface area contributed by atoms with E-state index in [1.807, 2.05) is 50.2 Å². The van der Waals surface area contributed by atoms with Gasteiger partial charge in [0.15, 0.2) is 5.82 Å². The van der Waals surface area contributed by atoms with Crippen molar-refractivity contribution in [2.45, 2.75) is 38.6 Å². The summed E-state index contributed by atoms with van der Waals surface area (Å²) < 4.78 is 1.78. The van der Waals surface area contributed by atoms with Gasteiger partial charge in [-0.2, -0.15) is 5.10 Å². The molecule has 27 heavy (non-hydrogen) atoms. The van der Waals surface area contributed by atoms with Gasteiger partial charge >= 0.3 is 0 Å². The molecule has 1 fully saturated rings. The summed E-state index contributed by atoms with van der Waals surface area (Å²) in [5.74, 6) is 0.588. The molecule has 1 N–H and O–H groups in total. The van der Waals surface area contributed by atoms with E-state index in [0.29, 0.717) is 16.4 Å². The van der Waals surface area contributed by atoms with Crippen molar-refractivity contribution in [1.82, 2.24) is 20.1 Å². The SMILES string of the molecule is Cc1cc(C)n(-c2ccc(C(=O)NC3(c4ccc(Cl)cc4)CCC3)cn2)n1. The molecule has 138 valence electrons. The molecule has 0 bridgehead atoms. The molecule has 0 atom stereocenters. The van der Waals surface area contributed by atoms with Gasteiger partial charge < -0.3 is 5.32 Å². The summed E-state index contributed by atoms with van der Waals surface area (Å²) in [6, 6.07) is 13.3. The average molecular weight is 381 g/mol. The lowest BCUT2D eigenvalue weighted by molar-refractivity contribution is 0.0823. The fourth-order valence-electron chi connectivity index (χ4n) is 3.58. The molecule has 2 heterocycles. The van der Waals surface area contributed by atoms with Gasteiger partial charge in [0.1, 0.15) is 0 Å². The highest BCUT2D eigenvalue weighted by atomic mass is 35.5. The fraction of sp³-hybridized carbons (Fsp3) is 0.286. The predicted octanol–water partition coefficient (Wildman–Crippen LogP) is 4.35. The average Bonchev–Trinajstić information content (AvgIpc) is 2.97. The van der Waals surface area contributed by atoms with Gasteiger partial charge in [-0.1, -0.05) is 23.7 Å². The predicted molar refractivity (Wildman–Crippen MR) is 105 cm³/mol. The first-order valence-corrected chi connectivity index (χ1v) is 9.43. The Bertz CT molecular complexity index is 972. The van der Waals surface area contributed by atoms with E-state index in [1.54, 1.807) is 16.9 Å². The molecule has 1 aromatic carbocycles. The van der Waals surface area contributed by atoms with E-state index in [2.05, 4.69) is 15.4 Å². The molecular weight excluding hydrogens is 360 g/mol. The van der Waals surface area contributed by atoms with E-state index in [-0.39, 0.29) is 11.4 Å². The zero-order valence-corrected chi connectivity index (χ0v) is 16.1. The summed E-state index contributed by atoms with van der Waals surface area (Å²) in [4.78, 5) is 17.2. The maximum absolute atomic E-state index is 12.8. The molecule has 0 radical (unpaired) electrons. The number of carbonyl (C=O) groups excluding carboxylic acids is 1. The van der Waals surface area contributed by atoms with Crippen LogP contribution in [0, 0.1) is 13.8 Å². The van der Waals surface area contributed by atoms with E-state index in [1.165, 1.54) is 0 Å². The summed E-state index contributed by atoms with van der Waals surface area (Å²) in [5, 5.41) is 8.34. The lowest BCUT2D eigenvalue weighted by Gasteiger charge is -2.43. The van der Waals surface area contributed by atoms with Gasteiger partial charge in [0.25, 0.3) is 5.91 Å². The Morgan fingerprint density at radius 3 is 2.41 bits per heavy atom. The molecule has 1 saturated carbocycles. The van der Waals surface area contributed by atoms with Crippen molar-refractivity contribution in [3.8, 4) is 5.82 Å². The minimum Gasteiger partial charge on any atom is -0.342 e. The monoisotopic (exact) mass is 380 g/mol. The Hall–Kier alpha value is -2.66. The number of hydrogen-bond donors (Lipinski definition) is 1. The Kier molecular flexibility index (Phi) is 4.48. The summed E-state index contributed by atoms with van der Waals surface area (Å²) in [5.41, 5.74) is 3.27. The van der Waals surface area contributed by atoms with Gasteiger partial charge in [-0.3, -0.25) is 4.79 Å². The molecule has 3 aromatic rings. The number of nitrogens with zero attached hydrogens (tertiary/aromatic N) is 3. The van der Waals surface area contributed by atoms with Crippen molar-refractivity contribution in [1.29, 1.82) is 0 Å². The molecule has 4 rings (SSSR count). The van der Waals surface area contributed by atoms with Crippen LogP contribution in [0.1, 0.15) is 46.6 Å². The van der Waals surface area contributed by atoms with Gasteiger partial charge in [0.05, 0.1) is 16.8 Å². The zero-order chi connectivity index (χ0) is 19.0. The second-order valence-electron chi connectivity index (χ2n) is 7.14. The topological polar surface area (TPSA) is 59.8 Å². The van der Waals surface area contributed by atoms with Crippen LogP contribution in [-0.2, 0) is 5.54 Å². The van der Waals surface area contributed by atoms with E-state index in [9.17, 15) is 4.79 Å². The van der Waals surface area contributed by atoms with E-state index in [0.717, 1.165) is 36.2 Å². The molecule has 0 aliphatic heterocycles. The molecular formula is C21H21ClN4O. The molecule has 0 spiro atoms. The van der Waals surface area contributed by atoms with Crippen LogP contribution in [0.3, 0.4) is 0 Å². The highest BCUT2D eigenvalue weighted by Gasteiger charge is 2.40. The number of halogens is 1. The Morgan fingerprint density at radius 2 is 1.89 bits per heavy atom. The number of rotatable bonds is 4. The molecule has 0 unspecified atom stereocenters. The first-order valence-electron chi connectivity index (χ1n) is 9.05. The Labute approximate surface area is 163 Å². The third kappa shape index (κ3) is 3.35. The van der Waals surface area contributed by atoms with Gasteiger partial charge in [-0.05, 0) is 69.0 Å². The van der Waals surface area contributed by atoms with E-state index in [4.69, 9.17) is 11.6 Å². The van der Waals surface area contributed by atoms with Gasteiger partial charge in [-0.15, -0.1) is 0 Å². The molecule has 6 heteroatoms. The quantitative estimate of drug-likeness (QED) is 0.732. The minimum absolute atomic E-state index is 0.114. The van der Waals surface area contributed by atoms with Crippen LogP contribution in [0.5, 0.6) is 0 Å². The number of amides is 1.